The molecule has 0 unspecified atom stereocenters. The van der Waals surface area contributed by atoms with Gasteiger partial charge in [0.05, 0.1) is 0 Å². The van der Waals surface area contributed by atoms with E-state index in [1.165, 1.54) is 238 Å². The molecule has 1 saturated carbocycles. The first kappa shape index (κ1) is 82.5. The van der Waals surface area contributed by atoms with Crippen LogP contribution in [0.2, 0.25) is 0 Å². The number of hydrogen-bond acceptors (Lipinski definition) is 0. The second-order valence-electron chi connectivity index (χ2n) is 34.3. The highest BCUT2D eigenvalue weighted by Crippen LogP contribution is 2.42. The van der Waals surface area contributed by atoms with Crippen molar-refractivity contribution in [2.45, 2.75) is 196 Å². The van der Waals surface area contributed by atoms with Gasteiger partial charge in [0, 0.05) is 69.8 Å². The van der Waals surface area contributed by atoms with Crippen molar-refractivity contribution < 1.29 is 18.3 Å². The van der Waals surface area contributed by atoms with E-state index in [9.17, 15) is 0 Å². The van der Waals surface area contributed by atoms with Gasteiger partial charge in [-0.25, -0.2) is 18.3 Å². The van der Waals surface area contributed by atoms with Crippen LogP contribution >= 0.6 is 0 Å². The van der Waals surface area contributed by atoms with Gasteiger partial charge in [0.15, 0.2) is 24.8 Å². The van der Waals surface area contributed by atoms with Crippen LogP contribution in [0.3, 0.4) is 0 Å². The Bertz CT molecular complexity index is 5500. The van der Waals surface area contributed by atoms with Crippen LogP contribution in [0.5, 0.6) is 0 Å². The molecule has 14 rings (SSSR count). The van der Waals surface area contributed by atoms with E-state index in [0.29, 0.717) is 5.92 Å². The SMILES string of the molecule is Cc1c[n+](C)c(-c2cccc(-c3c(C)cccc3C)c2C)cc1C(C)C.Cc1cc(C)c(-c2cccc(-c3cc(C4CCCCC4)cc[n+]3C)c2C)c(C)c1.Cc1cc(C)c(-c2cccc(-c3cc(CC(C)(C)C)c(C)c[n+]3C)c2C)c(C)c1.Cc1cccc(C)c1-c1cccc(-c2cc(-c3ccccc3)cc[n+]2C)c1C. The lowest BCUT2D eigenvalue weighted by Gasteiger charge is -2.22. The van der Waals surface area contributed by atoms with Crippen molar-refractivity contribution in [3.8, 4) is 101 Å². The van der Waals surface area contributed by atoms with Crippen molar-refractivity contribution in [3.05, 3.63) is 331 Å². The van der Waals surface area contributed by atoms with E-state index in [4.69, 9.17) is 0 Å². The molecule has 1 fully saturated rings. The Labute approximate surface area is 674 Å². The summed E-state index contributed by atoms with van der Waals surface area (Å²) in [6.45, 7) is 47.1. The molecule has 9 aromatic carbocycles. The number of aromatic nitrogens is 4. The van der Waals surface area contributed by atoms with Crippen LogP contribution in [0.15, 0.2) is 225 Å². The summed E-state index contributed by atoms with van der Waals surface area (Å²) in [4.78, 5) is 0. The molecular formula is C108H126N4+4. The maximum absolute atomic E-state index is 2.46. The Morgan fingerprint density at radius 3 is 1.06 bits per heavy atom. The van der Waals surface area contributed by atoms with Crippen LogP contribution in [0.25, 0.3) is 101 Å². The van der Waals surface area contributed by atoms with Gasteiger partial charge in [-0.15, -0.1) is 0 Å². The van der Waals surface area contributed by atoms with Gasteiger partial charge in [0.1, 0.15) is 28.2 Å². The van der Waals surface area contributed by atoms with E-state index in [0.717, 1.165) is 12.3 Å². The summed E-state index contributed by atoms with van der Waals surface area (Å²) in [6, 6.07) is 73.8. The van der Waals surface area contributed by atoms with Gasteiger partial charge in [-0.05, 0) is 311 Å². The minimum atomic E-state index is 0.273. The Morgan fingerprint density at radius 2 is 0.661 bits per heavy atom. The van der Waals surface area contributed by atoms with Gasteiger partial charge < -0.3 is 0 Å². The van der Waals surface area contributed by atoms with Gasteiger partial charge in [0.2, 0.25) is 22.8 Å². The third-order valence-electron chi connectivity index (χ3n) is 23.8. The molecule has 4 aromatic heterocycles. The highest BCUT2D eigenvalue weighted by molar-refractivity contribution is 5.84. The van der Waals surface area contributed by atoms with Gasteiger partial charge in [-0.3, -0.25) is 0 Å². The standard InChI is InChI=1S/C28H34N.C28H36N.C27H26N.C25H30N/c1-19-16-20(2)28(21(3)17-19)26-13-9-12-25(22(26)4)27-18-24(14-15-29(27)5)23-10-7-6-8-11-23;1-18-13-19(2)27(20(3)14-18)25-12-10-11-24(22(25)5)26-15-23(16-28(6,7)8)21(4)17-29(26)9;1-19-10-8-11-20(2)27(19)25-15-9-14-24(21(25)3)26-18-23(16-17-28(26)4)22-12-6-5-7-13-22;1-16(2)23-14-24(26(7)15-19(23)5)21-12-9-13-22(20(21)6)25-17(3)10-8-11-18(25)4/h9,12-18,23H,6-8,10-11H2,1-5H3;10-15,17H,16H2,1-9H3;5-18H,1-4H3;8-16H,1-7H3/q4*+1. The molecule has 13 aromatic rings. The second-order valence-corrected chi connectivity index (χ2v) is 34.3. The number of nitrogens with zero attached hydrogens (tertiary/aromatic N) is 4. The Balaban J connectivity index is 0.000000148. The molecule has 0 atom stereocenters. The molecule has 0 amide bonds. The number of hydrogen-bond donors (Lipinski definition) is 0. The van der Waals surface area contributed by atoms with Gasteiger partial charge in [0.25, 0.3) is 0 Å². The molecule has 0 bridgehead atoms. The van der Waals surface area contributed by atoms with E-state index >= 15 is 0 Å². The summed E-state index contributed by atoms with van der Waals surface area (Å²) in [7, 11) is 8.61. The normalized spacial score (nSPS) is 12.2. The third kappa shape index (κ3) is 18.5. The first-order valence-electron chi connectivity index (χ1n) is 41.0. The fourth-order valence-corrected chi connectivity index (χ4v) is 18.2. The third-order valence-corrected chi connectivity index (χ3v) is 23.8. The highest BCUT2D eigenvalue weighted by atomic mass is 14.9. The predicted octanol–water partition coefficient (Wildman–Crippen LogP) is 26.7. The van der Waals surface area contributed by atoms with Gasteiger partial charge >= 0.3 is 0 Å². The van der Waals surface area contributed by atoms with Gasteiger partial charge in [-0.2, -0.15) is 0 Å². The zero-order valence-electron chi connectivity index (χ0n) is 72.5. The molecule has 4 nitrogen and oxygen atoms in total. The summed E-state index contributed by atoms with van der Waals surface area (Å²) >= 11 is 0. The van der Waals surface area contributed by atoms with E-state index in [1.54, 1.807) is 0 Å². The number of pyridine rings is 4. The molecule has 4 heterocycles. The topological polar surface area (TPSA) is 15.5 Å². The second kappa shape index (κ2) is 35.5. The van der Waals surface area contributed by atoms with Crippen LogP contribution in [0.4, 0.5) is 0 Å². The Morgan fingerprint density at radius 1 is 0.312 bits per heavy atom. The molecule has 0 spiro atoms. The number of aryl methyl sites for hydroxylation is 16. The van der Waals surface area contributed by atoms with Crippen LogP contribution in [-0.4, -0.2) is 0 Å². The summed E-state index contributed by atoms with van der Waals surface area (Å²) in [5, 5.41) is 0. The molecule has 0 aliphatic heterocycles. The van der Waals surface area contributed by atoms with Crippen molar-refractivity contribution in [3.63, 3.8) is 0 Å². The predicted molar refractivity (Wildman–Crippen MR) is 478 cm³/mol. The lowest BCUT2D eigenvalue weighted by Crippen LogP contribution is -2.32. The molecule has 574 valence electrons. The van der Waals surface area contributed by atoms with Gasteiger partial charge in [-0.1, -0.05) is 205 Å². The largest absolute Gasteiger partial charge is 0.213 e. The highest BCUT2D eigenvalue weighted by Gasteiger charge is 2.27. The summed E-state index contributed by atoms with van der Waals surface area (Å²) in [5.41, 5.74) is 49.9. The molecule has 0 radical (unpaired) electrons. The average Bonchev–Trinajstić information content (AvgIpc) is 0.786. The number of rotatable bonds is 12. The maximum atomic E-state index is 2.46. The zero-order chi connectivity index (χ0) is 80.7. The first-order valence-corrected chi connectivity index (χ1v) is 41.0. The maximum Gasteiger partial charge on any atom is 0.213 e. The molecule has 112 heavy (non-hydrogen) atoms. The van der Waals surface area contributed by atoms with E-state index < -0.39 is 0 Å². The quantitative estimate of drug-likeness (QED) is 0.108. The smallest absolute Gasteiger partial charge is 0.201 e. The lowest BCUT2D eigenvalue weighted by molar-refractivity contribution is -0.660. The van der Waals surface area contributed by atoms with Crippen molar-refractivity contribution >= 4 is 0 Å². The minimum absolute atomic E-state index is 0.273. The molecule has 4 heteroatoms. The molecule has 0 saturated heterocycles. The van der Waals surface area contributed by atoms with E-state index in [1.807, 2.05) is 0 Å². The van der Waals surface area contributed by atoms with Crippen LogP contribution in [0, 0.1) is 116 Å². The fraction of sp³-hybridized carbons (Fsp3) is 0.315. The van der Waals surface area contributed by atoms with Crippen molar-refractivity contribution in [2.75, 3.05) is 0 Å². The number of benzene rings is 9. The summed E-state index contributed by atoms with van der Waals surface area (Å²) in [5.74, 6) is 1.26. The average molecular weight is 1480 g/mol. The van der Waals surface area contributed by atoms with Crippen LogP contribution in [-0.2, 0) is 34.6 Å². The lowest BCUT2D eigenvalue weighted by atomic mass is 9.83. The first-order chi connectivity index (χ1) is 53.3. The van der Waals surface area contributed by atoms with Crippen molar-refractivity contribution in [1.82, 2.24) is 0 Å². The Kier molecular flexibility index (Phi) is 26.2. The fourth-order valence-electron chi connectivity index (χ4n) is 18.2. The van der Waals surface area contributed by atoms with Crippen LogP contribution in [0.1, 0.15) is 184 Å². The monoisotopic (exact) mass is 1480 g/mol. The van der Waals surface area contributed by atoms with Crippen molar-refractivity contribution in [2.24, 2.45) is 33.6 Å². The minimum Gasteiger partial charge on any atom is -0.201 e. The van der Waals surface area contributed by atoms with Crippen LogP contribution < -0.4 is 18.3 Å². The zero-order valence-corrected chi connectivity index (χ0v) is 72.5. The van der Waals surface area contributed by atoms with Crippen molar-refractivity contribution in [1.29, 1.82) is 0 Å². The van der Waals surface area contributed by atoms with E-state index in [2.05, 4.69) is 417 Å². The molecule has 0 N–H and O–H groups in total. The summed E-state index contributed by atoms with van der Waals surface area (Å²) in [6.07, 6.45) is 16.9. The molecule has 1 aliphatic rings. The van der Waals surface area contributed by atoms with E-state index in [-0.39, 0.29) is 5.41 Å². The summed E-state index contributed by atoms with van der Waals surface area (Å²) < 4.78 is 9.04. The molecule has 1 aliphatic carbocycles. The molecular weight excluding hydrogens is 1350 g/mol. The Hall–Kier alpha value is -10.4.